The van der Waals surface area contributed by atoms with Gasteiger partial charge in [0.1, 0.15) is 49.4 Å². The van der Waals surface area contributed by atoms with E-state index in [0.717, 1.165) is 86.8 Å². The average molecular weight is 996 g/mol. The summed E-state index contributed by atoms with van der Waals surface area (Å²) >= 11 is 13.3. The number of carbonyl (C=O) groups is 2. The number of aldehydes is 2. The molecule has 2 saturated heterocycles. The number of nitrogens with zero attached hydrogens (tertiary/aromatic N) is 4. The highest BCUT2D eigenvalue weighted by atomic mass is 35.5. The van der Waals surface area contributed by atoms with E-state index in [0.29, 0.717) is 63.4 Å². The first-order valence-corrected chi connectivity index (χ1v) is 26.4. The van der Waals surface area contributed by atoms with Gasteiger partial charge in [-0.15, -0.1) is 0 Å². The van der Waals surface area contributed by atoms with E-state index in [1.807, 2.05) is 48.4 Å². The molecular weight excluding hydrogens is 944 g/mol. The molecule has 4 heterocycles. The van der Waals surface area contributed by atoms with E-state index >= 15 is 0 Å². The summed E-state index contributed by atoms with van der Waals surface area (Å²) in [5.41, 5.74) is 10.1. The van der Waals surface area contributed by atoms with Crippen LogP contribution in [-0.4, -0.2) is 85.5 Å². The van der Waals surface area contributed by atoms with Crippen LogP contribution in [0, 0.1) is 13.8 Å². The maximum Gasteiger partial charge on any atom is 0.153 e. The number of hydrogen-bond donors (Lipinski definition) is 0. The third-order valence-electron chi connectivity index (χ3n) is 12.3. The Balaban J connectivity index is 0.920. The van der Waals surface area contributed by atoms with E-state index in [4.69, 9.17) is 42.1 Å². The Bertz CT molecular complexity index is 2960. The Labute approximate surface area is 410 Å². The zero-order chi connectivity index (χ0) is 47.8. The van der Waals surface area contributed by atoms with Gasteiger partial charge in [0, 0.05) is 73.3 Å². The van der Waals surface area contributed by atoms with Gasteiger partial charge in [-0.25, -0.2) is 8.42 Å². The molecule has 2 aliphatic rings. The number of halogens is 2. The van der Waals surface area contributed by atoms with Gasteiger partial charge >= 0.3 is 0 Å². The molecule has 354 valence electrons. The number of anilines is 2. The molecule has 0 aliphatic carbocycles. The zero-order valence-corrected chi connectivity index (χ0v) is 41.2. The van der Waals surface area contributed by atoms with Gasteiger partial charge in [-0.3, -0.25) is 19.6 Å². The smallest absolute Gasteiger partial charge is 0.153 e. The predicted molar refractivity (Wildman–Crippen MR) is 273 cm³/mol. The van der Waals surface area contributed by atoms with E-state index in [1.165, 1.54) is 6.07 Å². The van der Waals surface area contributed by atoms with Crippen LogP contribution in [0.25, 0.3) is 11.1 Å². The Morgan fingerprint density at radius 1 is 0.603 bits per heavy atom. The summed E-state index contributed by atoms with van der Waals surface area (Å²) in [4.78, 5) is 37.4. The van der Waals surface area contributed by atoms with Crippen LogP contribution in [0.2, 0.25) is 10.0 Å². The SMILES string of the molecule is CC=S1CCN(c2cncc(COc3cc(OCc4cccc(-c5cccc(COc6cc(OCc7cncc(N8CCS(=O)(=O)CC8)c7)c(C=O)cc6Cl)c5C)c4C)c(Cl)cc3C=O)c2)CC1. The highest BCUT2D eigenvalue weighted by Crippen LogP contribution is 2.37. The van der Waals surface area contributed by atoms with Gasteiger partial charge in [-0.05, 0) is 78.4 Å². The molecule has 68 heavy (non-hydrogen) atoms. The number of pyridine rings is 2. The van der Waals surface area contributed by atoms with Crippen LogP contribution in [0.15, 0.2) is 97.6 Å². The fourth-order valence-corrected chi connectivity index (χ4v) is 11.5. The Morgan fingerprint density at radius 2 is 1.04 bits per heavy atom. The lowest BCUT2D eigenvalue weighted by molar-refractivity contribution is 0.111. The molecule has 2 aliphatic heterocycles. The number of hydrogen-bond acceptors (Lipinski definition) is 12. The monoisotopic (exact) mass is 994 g/mol. The minimum Gasteiger partial charge on any atom is -0.488 e. The minimum atomic E-state index is -3.03. The molecule has 0 atom stereocenters. The van der Waals surface area contributed by atoms with Gasteiger partial charge in [-0.2, -0.15) is 10.5 Å². The van der Waals surface area contributed by atoms with E-state index in [1.54, 1.807) is 36.8 Å². The first kappa shape index (κ1) is 48.5. The van der Waals surface area contributed by atoms with Crippen LogP contribution in [-0.2, 0) is 36.3 Å². The average Bonchev–Trinajstić information content (AvgIpc) is 3.35. The molecule has 8 rings (SSSR count). The molecule has 16 heteroatoms. The summed E-state index contributed by atoms with van der Waals surface area (Å²) < 4.78 is 48.8. The van der Waals surface area contributed by atoms with Crippen molar-refractivity contribution in [1.29, 1.82) is 0 Å². The number of ether oxygens (including phenoxy) is 4. The van der Waals surface area contributed by atoms with E-state index < -0.39 is 9.84 Å². The molecule has 12 nitrogen and oxygen atoms in total. The lowest BCUT2D eigenvalue weighted by Crippen LogP contribution is -2.40. The first-order chi connectivity index (χ1) is 32.9. The second kappa shape index (κ2) is 22.0. The zero-order valence-electron chi connectivity index (χ0n) is 38.1. The number of rotatable bonds is 17. The molecule has 0 unspecified atom stereocenters. The topological polar surface area (TPSA) is 137 Å². The van der Waals surface area contributed by atoms with Gasteiger partial charge in [0.15, 0.2) is 22.4 Å². The van der Waals surface area contributed by atoms with E-state index in [2.05, 4.69) is 52.3 Å². The highest BCUT2D eigenvalue weighted by molar-refractivity contribution is 8.15. The van der Waals surface area contributed by atoms with Crippen molar-refractivity contribution < 1.29 is 37.0 Å². The maximum absolute atomic E-state index is 12.1. The minimum absolute atomic E-state index is 0.0969. The third kappa shape index (κ3) is 11.7. The van der Waals surface area contributed by atoms with Crippen LogP contribution < -0.4 is 28.7 Å². The fourth-order valence-electron chi connectivity index (χ4n) is 8.24. The predicted octanol–water partition coefficient (Wildman–Crippen LogP) is 10.2. The summed E-state index contributed by atoms with van der Waals surface area (Å²) in [6, 6.07) is 22.5. The summed E-state index contributed by atoms with van der Waals surface area (Å²) in [7, 11) is -2.65. The maximum atomic E-state index is 12.1. The van der Waals surface area contributed by atoms with Crippen LogP contribution in [0.1, 0.15) is 61.0 Å². The molecule has 0 N–H and O–H groups in total. The molecule has 0 spiro atoms. The van der Waals surface area contributed by atoms with Crippen molar-refractivity contribution in [2.45, 2.75) is 47.2 Å². The standard InChI is InChI=1S/C52H52Cl2N4O8S2/c1-4-67-15-11-57(12-16-67)43-19-37(25-55-27-43)31-63-49-23-51(47(53)21-41(49)29-59)65-33-39-7-5-9-45(35(39)2)46-10-6-8-40(36(46)3)34-66-52-24-50(42(30-60)22-48(52)54)64-32-38-20-44(28-56-26-38)58-13-17-68(61,62)18-14-58/h4-10,19-30H,11-18,31-34H2,1-3H3. The van der Waals surface area contributed by atoms with Crippen LogP contribution in [0.4, 0.5) is 11.4 Å². The molecule has 0 amide bonds. The lowest BCUT2D eigenvalue weighted by Gasteiger charge is -2.30. The van der Waals surface area contributed by atoms with Crippen LogP contribution in [0.3, 0.4) is 0 Å². The van der Waals surface area contributed by atoms with Gasteiger partial charge in [-0.1, -0.05) is 65.0 Å². The van der Waals surface area contributed by atoms with Crippen LogP contribution >= 0.6 is 33.7 Å². The lowest BCUT2D eigenvalue weighted by atomic mass is 9.92. The molecule has 4 aromatic carbocycles. The van der Waals surface area contributed by atoms with Crippen LogP contribution in [0.5, 0.6) is 23.0 Å². The molecule has 2 aromatic heterocycles. The number of sulfone groups is 1. The molecule has 0 saturated carbocycles. The molecular formula is C52H52Cl2N4O8S2. The van der Waals surface area contributed by atoms with Gasteiger partial charge in [0.2, 0.25) is 0 Å². The Hall–Kier alpha value is -5.93. The van der Waals surface area contributed by atoms with E-state index in [9.17, 15) is 18.0 Å². The summed E-state index contributed by atoms with van der Waals surface area (Å²) in [5, 5.41) is 2.88. The molecule has 6 aromatic rings. The second-order valence-electron chi connectivity index (χ2n) is 16.6. The van der Waals surface area contributed by atoms with Crippen molar-refractivity contribution in [3.05, 3.63) is 152 Å². The molecule has 2 fully saturated rings. The molecule has 0 radical (unpaired) electrons. The van der Waals surface area contributed by atoms with Gasteiger partial charge in [0.05, 0.1) is 56.4 Å². The molecule has 0 bridgehead atoms. The van der Waals surface area contributed by atoms with Crippen molar-refractivity contribution >= 4 is 72.8 Å². The highest BCUT2D eigenvalue weighted by Gasteiger charge is 2.23. The van der Waals surface area contributed by atoms with Gasteiger partial charge < -0.3 is 28.7 Å². The first-order valence-electron chi connectivity index (χ1n) is 22.2. The summed E-state index contributed by atoms with van der Waals surface area (Å²) in [6.07, 6.45) is 8.45. The number of carbonyl (C=O) groups excluding carboxylic acids is 2. The number of benzene rings is 4. The quantitative estimate of drug-likeness (QED) is 0.0635. The van der Waals surface area contributed by atoms with Crippen molar-refractivity contribution in [1.82, 2.24) is 9.97 Å². The van der Waals surface area contributed by atoms with E-state index in [-0.39, 0.29) is 48.5 Å². The van der Waals surface area contributed by atoms with Crippen molar-refractivity contribution in [2.75, 3.05) is 59.0 Å². The largest absolute Gasteiger partial charge is 0.488 e. The van der Waals surface area contributed by atoms with Crippen molar-refractivity contribution in [2.24, 2.45) is 0 Å². The summed E-state index contributed by atoms with van der Waals surface area (Å²) in [6.45, 7) is 9.75. The fraction of sp³-hybridized carbons (Fsp3) is 0.288. The Morgan fingerprint density at radius 3 is 1.49 bits per heavy atom. The third-order valence-corrected chi connectivity index (χ3v) is 16.6. The number of aromatic nitrogens is 2. The summed E-state index contributed by atoms with van der Waals surface area (Å²) in [5.74, 6) is 3.90. The van der Waals surface area contributed by atoms with Crippen molar-refractivity contribution in [3.8, 4) is 34.1 Å². The second-order valence-corrected chi connectivity index (χ2v) is 22.1. The normalized spacial score (nSPS) is 14.8. The Kier molecular flexibility index (Phi) is 15.7. The van der Waals surface area contributed by atoms with Gasteiger partial charge in [0.25, 0.3) is 0 Å². The van der Waals surface area contributed by atoms with Crippen molar-refractivity contribution in [3.63, 3.8) is 0 Å².